The molecule has 0 fully saturated rings. The van der Waals surface area contributed by atoms with Gasteiger partial charge in [0.2, 0.25) is 0 Å². The Morgan fingerprint density at radius 3 is 2.87 bits per heavy atom. The van der Waals surface area contributed by atoms with Gasteiger partial charge in [-0.2, -0.15) is 5.10 Å². The fourth-order valence-electron chi connectivity index (χ4n) is 3.23. The van der Waals surface area contributed by atoms with Gasteiger partial charge < -0.3 is 5.32 Å². The zero-order chi connectivity index (χ0) is 16.4. The van der Waals surface area contributed by atoms with Crippen molar-refractivity contribution in [1.29, 1.82) is 0 Å². The van der Waals surface area contributed by atoms with Crippen LogP contribution in [0.25, 0.3) is 0 Å². The summed E-state index contributed by atoms with van der Waals surface area (Å²) in [6, 6.07) is 10.2. The molecule has 122 valence electrons. The summed E-state index contributed by atoms with van der Waals surface area (Å²) in [4.78, 5) is 14.3. The molecule has 1 aromatic heterocycles. The number of aromatic nitrogens is 2. The first-order valence-corrected chi connectivity index (χ1v) is 8.21. The number of rotatable bonds is 4. The highest BCUT2D eigenvalue weighted by Crippen LogP contribution is 2.35. The maximum Gasteiger partial charge on any atom is 0.321 e. The minimum Gasteiger partial charge on any atom is -0.338 e. The number of carbonyl (C=O) groups excluding carboxylic acids is 1. The van der Waals surface area contributed by atoms with E-state index in [1.54, 1.807) is 0 Å². The molecule has 5 nitrogen and oxygen atoms in total. The quantitative estimate of drug-likeness (QED) is 0.881. The summed E-state index contributed by atoms with van der Waals surface area (Å²) in [5.41, 5.74) is 4.49. The van der Waals surface area contributed by atoms with E-state index in [-0.39, 0.29) is 6.03 Å². The van der Waals surface area contributed by atoms with Gasteiger partial charge in [-0.05, 0) is 38.0 Å². The number of nitrogens with one attached hydrogen (secondary N) is 1. The number of urea groups is 1. The maximum atomic E-state index is 12.4. The van der Waals surface area contributed by atoms with Gasteiger partial charge in [0.15, 0.2) is 0 Å². The van der Waals surface area contributed by atoms with Crippen molar-refractivity contribution in [1.82, 2.24) is 15.1 Å². The standard InChI is InChI=1S/C18H24N4O/c1-13-12-21(17-8-5-4-7-16(13)17)18(23)19-9-6-10-22-15(3)11-14(2)20-22/h4-5,7-8,11,13H,6,9-10,12H2,1-3H3,(H,19,23). The molecule has 1 aromatic carbocycles. The van der Waals surface area contributed by atoms with Crippen LogP contribution in [0.15, 0.2) is 30.3 Å². The van der Waals surface area contributed by atoms with Crippen LogP contribution in [-0.4, -0.2) is 28.9 Å². The number of para-hydroxylation sites is 1. The first-order valence-electron chi connectivity index (χ1n) is 8.21. The average molecular weight is 312 g/mol. The molecule has 1 N–H and O–H groups in total. The van der Waals surface area contributed by atoms with E-state index in [9.17, 15) is 4.79 Å². The number of hydrogen-bond donors (Lipinski definition) is 1. The summed E-state index contributed by atoms with van der Waals surface area (Å²) in [7, 11) is 0. The van der Waals surface area contributed by atoms with Crippen molar-refractivity contribution in [2.45, 2.75) is 39.7 Å². The largest absolute Gasteiger partial charge is 0.338 e. The number of aryl methyl sites for hydroxylation is 3. The molecule has 3 rings (SSSR count). The smallest absolute Gasteiger partial charge is 0.321 e. The van der Waals surface area contributed by atoms with E-state index < -0.39 is 0 Å². The van der Waals surface area contributed by atoms with Crippen molar-refractivity contribution < 1.29 is 4.79 Å². The summed E-state index contributed by atoms with van der Waals surface area (Å²) >= 11 is 0. The summed E-state index contributed by atoms with van der Waals surface area (Å²) < 4.78 is 1.99. The number of nitrogens with zero attached hydrogens (tertiary/aromatic N) is 3. The first kappa shape index (κ1) is 15.6. The topological polar surface area (TPSA) is 50.2 Å². The Kier molecular flexibility index (Phi) is 4.37. The van der Waals surface area contributed by atoms with Crippen LogP contribution in [0, 0.1) is 13.8 Å². The molecule has 1 unspecified atom stereocenters. The van der Waals surface area contributed by atoms with Gasteiger partial charge in [0, 0.05) is 36.9 Å². The Morgan fingerprint density at radius 2 is 2.13 bits per heavy atom. The van der Waals surface area contributed by atoms with E-state index in [2.05, 4.69) is 36.4 Å². The highest BCUT2D eigenvalue weighted by atomic mass is 16.2. The number of carbonyl (C=O) groups is 1. The predicted octanol–water partition coefficient (Wildman–Crippen LogP) is 3.22. The molecule has 0 aliphatic carbocycles. The molecule has 2 aromatic rings. The molecule has 1 aliphatic rings. The lowest BCUT2D eigenvalue weighted by Crippen LogP contribution is -2.39. The lowest BCUT2D eigenvalue weighted by Gasteiger charge is -2.18. The van der Waals surface area contributed by atoms with Gasteiger partial charge in [-0.15, -0.1) is 0 Å². The molecule has 0 spiro atoms. The van der Waals surface area contributed by atoms with Crippen LogP contribution in [0.4, 0.5) is 10.5 Å². The lowest BCUT2D eigenvalue weighted by atomic mass is 10.0. The number of fused-ring (bicyclic) bond motifs is 1. The van der Waals surface area contributed by atoms with Crippen LogP contribution in [0.2, 0.25) is 0 Å². The fraction of sp³-hybridized carbons (Fsp3) is 0.444. The fourth-order valence-corrected chi connectivity index (χ4v) is 3.23. The number of amides is 2. The van der Waals surface area contributed by atoms with Crippen molar-refractivity contribution in [3.63, 3.8) is 0 Å². The highest BCUT2D eigenvalue weighted by molar-refractivity contribution is 5.94. The summed E-state index contributed by atoms with van der Waals surface area (Å²) in [6.07, 6.45) is 0.874. The van der Waals surface area contributed by atoms with Crippen molar-refractivity contribution in [2.75, 3.05) is 18.0 Å². The number of anilines is 1. The van der Waals surface area contributed by atoms with Crippen molar-refractivity contribution >= 4 is 11.7 Å². The van der Waals surface area contributed by atoms with Gasteiger partial charge >= 0.3 is 6.03 Å². The molecule has 2 heterocycles. The van der Waals surface area contributed by atoms with Crippen LogP contribution in [0.3, 0.4) is 0 Å². The third-order valence-electron chi connectivity index (χ3n) is 4.39. The van der Waals surface area contributed by atoms with Crippen LogP contribution < -0.4 is 10.2 Å². The molecule has 0 saturated carbocycles. The van der Waals surface area contributed by atoms with E-state index in [0.29, 0.717) is 12.5 Å². The van der Waals surface area contributed by atoms with Crippen LogP contribution in [0.1, 0.15) is 36.2 Å². The summed E-state index contributed by atoms with van der Waals surface area (Å²) in [6.45, 7) is 8.45. The van der Waals surface area contributed by atoms with E-state index in [4.69, 9.17) is 0 Å². The molecule has 1 atom stereocenters. The first-order chi connectivity index (χ1) is 11.1. The Hall–Kier alpha value is -2.30. The van der Waals surface area contributed by atoms with Gasteiger partial charge in [0.05, 0.1) is 5.69 Å². The minimum atomic E-state index is -0.00447. The molecule has 23 heavy (non-hydrogen) atoms. The maximum absolute atomic E-state index is 12.4. The number of benzene rings is 1. The normalized spacial score (nSPS) is 16.5. The summed E-state index contributed by atoms with van der Waals surface area (Å²) in [5, 5.41) is 7.47. The number of hydrogen-bond acceptors (Lipinski definition) is 2. The minimum absolute atomic E-state index is 0.00447. The second-order valence-electron chi connectivity index (χ2n) is 6.31. The zero-order valence-corrected chi connectivity index (χ0v) is 14.0. The van der Waals surface area contributed by atoms with Gasteiger partial charge in [-0.25, -0.2) is 4.79 Å². The Morgan fingerprint density at radius 1 is 1.35 bits per heavy atom. The SMILES string of the molecule is Cc1cc(C)n(CCCNC(=O)N2CC(C)c3ccccc32)n1. The highest BCUT2D eigenvalue weighted by Gasteiger charge is 2.28. The Balaban J connectivity index is 1.52. The van der Waals surface area contributed by atoms with Gasteiger partial charge in [-0.3, -0.25) is 9.58 Å². The van der Waals surface area contributed by atoms with E-state index in [1.165, 1.54) is 5.56 Å². The van der Waals surface area contributed by atoms with E-state index in [0.717, 1.165) is 36.6 Å². The second-order valence-corrected chi connectivity index (χ2v) is 6.31. The van der Waals surface area contributed by atoms with Crippen LogP contribution in [-0.2, 0) is 6.54 Å². The molecule has 1 aliphatic heterocycles. The molecular formula is C18H24N4O. The summed E-state index contributed by atoms with van der Waals surface area (Å²) in [5.74, 6) is 0.395. The van der Waals surface area contributed by atoms with Crippen molar-refractivity contribution in [3.05, 3.63) is 47.3 Å². The van der Waals surface area contributed by atoms with E-state index >= 15 is 0 Å². The van der Waals surface area contributed by atoms with Crippen molar-refractivity contribution in [3.8, 4) is 0 Å². The predicted molar refractivity (Wildman–Crippen MR) is 91.9 cm³/mol. The molecule has 0 bridgehead atoms. The van der Waals surface area contributed by atoms with Gasteiger partial charge in [0.1, 0.15) is 0 Å². The van der Waals surface area contributed by atoms with Crippen LogP contribution >= 0.6 is 0 Å². The molecule has 0 saturated heterocycles. The molecule has 0 radical (unpaired) electrons. The molecular weight excluding hydrogens is 288 g/mol. The van der Waals surface area contributed by atoms with Crippen molar-refractivity contribution in [2.24, 2.45) is 0 Å². The lowest BCUT2D eigenvalue weighted by molar-refractivity contribution is 0.246. The van der Waals surface area contributed by atoms with E-state index in [1.807, 2.05) is 34.7 Å². The van der Waals surface area contributed by atoms with Crippen LogP contribution in [0.5, 0.6) is 0 Å². The monoisotopic (exact) mass is 312 g/mol. The van der Waals surface area contributed by atoms with Gasteiger partial charge in [0.25, 0.3) is 0 Å². The zero-order valence-electron chi connectivity index (χ0n) is 14.0. The third-order valence-corrected chi connectivity index (χ3v) is 4.39. The third kappa shape index (κ3) is 3.23. The Labute approximate surface area is 137 Å². The Bertz CT molecular complexity index is 707. The molecule has 5 heteroatoms. The average Bonchev–Trinajstić information content (AvgIpc) is 3.04. The van der Waals surface area contributed by atoms with Gasteiger partial charge in [-0.1, -0.05) is 25.1 Å². The second kappa shape index (κ2) is 6.44. The molecule has 2 amide bonds.